The van der Waals surface area contributed by atoms with Crippen LogP contribution in [0, 0.1) is 5.92 Å². The molecule has 2 rings (SSSR count). The van der Waals surface area contributed by atoms with Crippen LogP contribution in [-0.4, -0.2) is 37.3 Å². The number of nitrogens with one attached hydrogen (secondary N) is 1. The molecular weight excluding hydrogens is 258 g/mol. The number of esters is 1. The van der Waals surface area contributed by atoms with Crippen LogP contribution in [-0.2, 0) is 9.47 Å². The maximum Gasteiger partial charge on any atom is 0.340 e. The lowest BCUT2D eigenvalue weighted by Crippen LogP contribution is -2.23. The van der Waals surface area contributed by atoms with Gasteiger partial charge >= 0.3 is 5.97 Å². The van der Waals surface area contributed by atoms with Gasteiger partial charge in [-0.3, -0.25) is 0 Å². The molecule has 1 fully saturated rings. The monoisotopic (exact) mass is 279 g/mol. The van der Waals surface area contributed by atoms with E-state index < -0.39 is 5.97 Å². The number of rotatable bonds is 5. The fourth-order valence-electron chi connectivity index (χ4n) is 2.19. The fraction of sp³-hybridized carbons (Fsp3) is 0.571. The summed E-state index contributed by atoms with van der Waals surface area (Å²) < 4.78 is 10.3. The maximum atomic E-state index is 11.7. The van der Waals surface area contributed by atoms with Gasteiger partial charge < -0.3 is 20.5 Å². The van der Waals surface area contributed by atoms with Crippen molar-refractivity contribution in [2.45, 2.75) is 19.8 Å². The molecule has 0 spiro atoms. The molecule has 1 aliphatic heterocycles. The van der Waals surface area contributed by atoms with Crippen molar-refractivity contribution in [3.63, 3.8) is 0 Å². The molecule has 0 saturated carbocycles. The Hall–Kier alpha value is -1.82. The summed E-state index contributed by atoms with van der Waals surface area (Å²) in [5.74, 6) is 0.680. The van der Waals surface area contributed by atoms with Gasteiger partial charge in [0.15, 0.2) is 0 Å². The number of nitrogen functional groups attached to an aromatic ring is 1. The summed E-state index contributed by atoms with van der Waals surface area (Å²) in [5.41, 5.74) is 6.68. The van der Waals surface area contributed by atoms with E-state index in [0.29, 0.717) is 29.6 Å². The number of anilines is 2. The highest BCUT2D eigenvalue weighted by atomic mass is 16.5. The molecule has 0 aromatic carbocycles. The van der Waals surface area contributed by atoms with Crippen molar-refractivity contribution in [3.8, 4) is 0 Å². The molecule has 1 aliphatic rings. The van der Waals surface area contributed by atoms with E-state index in [1.807, 2.05) is 0 Å². The molecule has 20 heavy (non-hydrogen) atoms. The second-order valence-corrected chi connectivity index (χ2v) is 4.78. The topological polar surface area (TPSA) is 86.5 Å². The molecule has 6 heteroatoms. The third-order valence-electron chi connectivity index (χ3n) is 3.38. The van der Waals surface area contributed by atoms with Crippen molar-refractivity contribution < 1.29 is 14.3 Å². The molecule has 0 atom stereocenters. The smallest absolute Gasteiger partial charge is 0.340 e. The number of carbonyl (C=O) groups excluding carboxylic acids is 1. The van der Waals surface area contributed by atoms with Crippen LogP contribution in [0.1, 0.15) is 30.1 Å². The van der Waals surface area contributed by atoms with Gasteiger partial charge in [-0.25, -0.2) is 9.78 Å². The van der Waals surface area contributed by atoms with Gasteiger partial charge in [0.05, 0.1) is 17.9 Å². The first kappa shape index (κ1) is 14.6. The number of hydrogen-bond acceptors (Lipinski definition) is 6. The third-order valence-corrected chi connectivity index (χ3v) is 3.38. The van der Waals surface area contributed by atoms with E-state index in [1.54, 1.807) is 19.2 Å². The standard InChI is InChI=1S/C14H21N3O3/c1-2-20-14(18)11-3-6-16-13(12(11)15)17-9-10-4-7-19-8-5-10/h3,6,10H,2,4-5,7-9,15H2,1H3,(H,16,17). The minimum absolute atomic E-state index is 0.325. The molecule has 110 valence electrons. The van der Waals surface area contributed by atoms with Gasteiger partial charge in [-0.05, 0) is 31.7 Å². The lowest BCUT2D eigenvalue weighted by Gasteiger charge is -2.22. The predicted molar refractivity (Wildman–Crippen MR) is 76.6 cm³/mol. The van der Waals surface area contributed by atoms with Crippen molar-refractivity contribution in [1.82, 2.24) is 4.98 Å². The van der Waals surface area contributed by atoms with Gasteiger partial charge in [-0.15, -0.1) is 0 Å². The van der Waals surface area contributed by atoms with Crippen LogP contribution in [0.5, 0.6) is 0 Å². The first-order chi connectivity index (χ1) is 9.72. The van der Waals surface area contributed by atoms with E-state index in [2.05, 4.69) is 10.3 Å². The Balaban J connectivity index is 2.00. The zero-order valence-corrected chi connectivity index (χ0v) is 11.7. The van der Waals surface area contributed by atoms with Crippen LogP contribution in [0.4, 0.5) is 11.5 Å². The summed E-state index contributed by atoms with van der Waals surface area (Å²) in [5, 5.41) is 3.22. The van der Waals surface area contributed by atoms with Crippen LogP contribution >= 0.6 is 0 Å². The molecule has 2 heterocycles. The van der Waals surface area contributed by atoms with Gasteiger partial charge in [-0.1, -0.05) is 0 Å². The SMILES string of the molecule is CCOC(=O)c1ccnc(NCC2CCOCC2)c1N. The Morgan fingerprint density at radius 3 is 3.00 bits per heavy atom. The average Bonchev–Trinajstić information content (AvgIpc) is 2.47. The second-order valence-electron chi connectivity index (χ2n) is 4.78. The third kappa shape index (κ3) is 3.60. The van der Waals surface area contributed by atoms with E-state index in [-0.39, 0.29) is 0 Å². The zero-order chi connectivity index (χ0) is 14.4. The largest absolute Gasteiger partial charge is 0.462 e. The molecule has 0 radical (unpaired) electrons. The van der Waals surface area contributed by atoms with Gasteiger partial charge in [-0.2, -0.15) is 0 Å². The summed E-state index contributed by atoms with van der Waals surface area (Å²) in [7, 11) is 0. The highest BCUT2D eigenvalue weighted by molar-refractivity contribution is 5.97. The van der Waals surface area contributed by atoms with Gasteiger partial charge in [0, 0.05) is 26.0 Å². The molecule has 1 saturated heterocycles. The summed E-state index contributed by atoms with van der Waals surface area (Å²) in [6, 6.07) is 1.58. The number of ether oxygens (including phenoxy) is 2. The molecule has 0 amide bonds. The van der Waals surface area contributed by atoms with Crippen molar-refractivity contribution in [1.29, 1.82) is 0 Å². The normalized spacial score (nSPS) is 15.8. The molecule has 0 aliphatic carbocycles. The Kier molecular flexibility index (Phi) is 5.17. The van der Waals surface area contributed by atoms with Gasteiger partial charge in [0.25, 0.3) is 0 Å². The van der Waals surface area contributed by atoms with Crippen LogP contribution in [0.25, 0.3) is 0 Å². The summed E-state index contributed by atoms with van der Waals surface area (Å²) in [6.45, 7) is 4.48. The Bertz CT molecular complexity index is 459. The van der Waals surface area contributed by atoms with E-state index in [9.17, 15) is 4.79 Å². The fourth-order valence-corrected chi connectivity index (χ4v) is 2.19. The van der Waals surface area contributed by atoms with Crippen LogP contribution < -0.4 is 11.1 Å². The van der Waals surface area contributed by atoms with Crippen molar-refractivity contribution in [3.05, 3.63) is 17.8 Å². The summed E-state index contributed by atoms with van der Waals surface area (Å²) in [6.07, 6.45) is 3.63. The van der Waals surface area contributed by atoms with Crippen LogP contribution in [0.15, 0.2) is 12.3 Å². The Morgan fingerprint density at radius 1 is 1.55 bits per heavy atom. The maximum absolute atomic E-state index is 11.7. The molecule has 1 aromatic rings. The van der Waals surface area contributed by atoms with Crippen LogP contribution in [0.3, 0.4) is 0 Å². The second kappa shape index (κ2) is 7.09. The molecule has 3 N–H and O–H groups in total. The number of aromatic nitrogens is 1. The first-order valence-electron chi connectivity index (χ1n) is 6.95. The number of nitrogens with zero attached hydrogens (tertiary/aromatic N) is 1. The van der Waals surface area contributed by atoms with Crippen molar-refractivity contribution in [2.24, 2.45) is 5.92 Å². The molecule has 0 bridgehead atoms. The number of nitrogens with two attached hydrogens (primary N) is 1. The predicted octanol–water partition coefficient (Wildman–Crippen LogP) is 1.68. The molecule has 1 aromatic heterocycles. The highest BCUT2D eigenvalue weighted by Gasteiger charge is 2.17. The van der Waals surface area contributed by atoms with Crippen LogP contribution in [0.2, 0.25) is 0 Å². The lowest BCUT2D eigenvalue weighted by molar-refractivity contribution is 0.0527. The molecular formula is C14H21N3O3. The molecule has 0 unspecified atom stereocenters. The Morgan fingerprint density at radius 2 is 2.30 bits per heavy atom. The van der Waals surface area contributed by atoms with Crippen molar-refractivity contribution >= 4 is 17.5 Å². The van der Waals surface area contributed by atoms with E-state index in [0.717, 1.165) is 32.6 Å². The van der Waals surface area contributed by atoms with Crippen molar-refractivity contribution in [2.75, 3.05) is 37.4 Å². The van der Waals surface area contributed by atoms with E-state index in [4.69, 9.17) is 15.2 Å². The Labute approximate surface area is 118 Å². The zero-order valence-electron chi connectivity index (χ0n) is 11.7. The van der Waals surface area contributed by atoms with Gasteiger partial charge in [0.2, 0.25) is 0 Å². The number of hydrogen-bond donors (Lipinski definition) is 2. The quantitative estimate of drug-likeness (QED) is 0.797. The average molecular weight is 279 g/mol. The minimum Gasteiger partial charge on any atom is -0.462 e. The first-order valence-corrected chi connectivity index (χ1v) is 6.95. The lowest BCUT2D eigenvalue weighted by atomic mass is 10.0. The number of carbonyl (C=O) groups is 1. The van der Waals surface area contributed by atoms with E-state index >= 15 is 0 Å². The number of pyridine rings is 1. The molecule has 6 nitrogen and oxygen atoms in total. The minimum atomic E-state index is -0.415. The summed E-state index contributed by atoms with van der Waals surface area (Å²) in [4.78, 5) is 15.9. The summed E-state index contributed by atoms with van der Waals surface area (Å²) >= 11 is 0. The highest BCUT2D eigenvalue weighted by Crippen LogP contribution is 2.22. The van der Waals surface area contributed by atoms with Gasteiger partial charge in [0.1, 0.15) is 5.82 Å². The van der Waals surface area contributed by atoms with E-state index in [1.165, 1.54) is 0 Å².